The molecule has 34 heavy (non-hydrogen) atoms. The van der Waals surface area contributed by atoms with Crippen LogP contribution in [0.4, 0.5) is 26.7 Å². The second-order valence-electron chi connectivity index (χ2n) is 7.45. The van der Waals surface area contributed by atoms with Crippen LogP contribution in [0, 0.1) is 29.1 Å². The molecule has 1 amide bonds. The molecule has 4 rings (SSSR count). The van der Waals surface area contributed by atoms with Crippen LogP contribution in [-0.4, -0.2) is 30.1 Å². The van der Waals surface area contributed by atoms with Crippen LogP contribution in [0.15, 0.2) is 48.5 Å². The smallest absolute Gasteiger partial charge is 0.411 e. The van der Waals surface area contributed by atoms with Gasteiger partial charge < -0.3 is 9.47 Å². The lowest BCUT2D eigenvalue weighted by atomic mass is 10.0. The molecule has 0 unspecified atom stereocenters. The first-order valence-electron chi connectivity index (χ1n) is 9.96. The molecular weight excluding hydrogens is 461 g/mol. The van der Waals surface area contributed by atoms with Crippen LogP contribution in [0.1, 0.15) is 24.1 Å². The zero-order valence-electron chi connectivity index (χ0n) is 17.7. The molecule has 0 aromatic heterocycles. The number of methoxy groups -OCH3 is 1. The predicted octanol–water partition coefficient (Wildman–Crippen LogP) is 5.51. The Kier molecular flexibility index (Phi) is 5.99. The van der Waals surface area contributed by atoms with Gasteiger partial charge in [0.15, 0.2) is 0 Å². The molecule has 1 aliphatic carbocycles. The largest absolute Gasteiger partial charge is 0.453 e. The molecule has 0 radical (unpaired) electrons. The van der Waals surface area contributed by atoms with Crippen molar-refractivity contribution in [2.45, 2.75) is 19.0 Å². The quantitative estimate of drug-likeness (QED) is 0.163. The summed E-state index contributed by atoms with van der Waals surface area (Å²) in [5, 5.41) is 0. The molecule has 0 saturated heterocycles. The number of halogens is 5. The molecular formula is C24H16F5NO4. The number of hydrogen-bond donors (Lipinski definition) is 0. The lowest BCUT2D eigenvalue weighted by Gasteiger charge is -2.33. The number of esters is 1. The van der Waals surface area contributed by atoms with E-state index in [0.717, 1.165) is 23.1 Å². The van der Waals surface area contributed by atoms with E-state index in [-0.39, 0.29) is 0 Å². The third kappa shape index (κ3) is 3.55. The van der Waals surface area contributed by atoms with E-state index < -0.39 is 59.0 Å². The minimum absolute atomic E-state index is 0.644. The van der Waals surface area contributed by atoms with E-state index in [0.29, 0.717) is 11.1 Å². The van der Waals surface area contributed by atoms with Gasteiger partial charge in [-0.1, -0.05) is 48.5 Å². The summed E-state index contributed by atoms with van der Waals surface area (Å²) in [4.78, 5) is 26.6. The van der Waals surface area contributed by atoms with Gasteiger partial charge in [-0.3, -0.25) is 4.90 Å². The molecule has 0 N–H and O–H groups in total. The number of benzene rings is 3. The van der Waals surface area contributed by atoms with Gasteiger partial charge in [-0.2, -0.15) is 8.78 Å². The van der Waals surface area contributed by atoms with Crippen LogP contribution >= 0.6 is 0 Å². The number of fused-ring (bicyclic) bond motifs is 3. The Morgan fingerprint density at radius 2 is 1.24 bits per heavy atom. The van der Waals surface area contributed by atoms with Gasteiger partial charge in [0.1, 0.15) is 6.04 Å². The third-order valence-electron chi connectivity index (χ3n) is 5.60. The first kappa shape index (κ1) is 23.2. The molecule has 0 saturated carbocycles. The molecule has 3 aromatic carbocycles. The number of hydrogen-bond acceptors (Lipinski definition) is 4. The normalized spacial score (nSPS) is 13.1. The molecule has 10 heteroatoms. The summed E-state index contributed by atoms with van der Waals surface area (Å²) >= 11 is 0. The van der Waals surface area contributed by atoms with Crippen molar-refractivity contribution in [3.63, 3.8) is 0 Å². The molecule has 0 aliphatic heterocycles. The number of carbonyl (C=O) groups is 2. The number of amides is 1. The Bertz CT molecular complexity index is 1240. The summed E-state index contributed by atoms with van der Waals surface area (Å²) in [5.74, 6) is -14.7. The molecule has 5 nitrogen and oxygen atoms in total. The van der Waals surface area contributed by atoms with Crippen molar-refractivity contribution in [2.24, 2.45) is 0 Å². The SMILES string of the molecule is COC(=O)N(C1c2ccccc2-c2ccccc21)[C@@H](C)C(=O)Oc1c(F)c(F)c(F)c(F)c1F. The molecule has 0 spiro atoms. The second kappa shape index (κ2) is 8.77. The van der Waals surface area contributed by atoms with Crippen molar-refractivity contribution >= 4 is 12.1 Å². The van der Waals surface area contributed by atoms with Crippen LogP contribution in [0.25, 0.3) is 11.1 Å². The number of rotatable bonds is 4. The standard InChI is InChI=1S/C24H16F5NO4/c1-11(23(31)34-22-19(28)17(26)16(25)18(27)20(22)29)30(24(32)33-2)21-14-9-5-3-7-12(14)13-8-4-6-10-15(13)21/h3-11,21H,1-2H3/t11-/m0/s1. The van der Waals surface area contributed by atoms with Gasteiger partial charge in [0, 0.05) is 0 Å². The molecule has 176 valence electrons. The maximum Gasteiger partial charge on any atom is 0.411 e. The van der Waals surface area contributed by atoms with Crippen molar-refractivity contribution in [2.75, 3.05) is 7.11 Å². The fourth-order valence-electron chi connectivity index (χ4n) is 4.00. The highest BCUT2D eigenvalue weighted by molar-refractivity contribution is 5.86. The van der Waals surface area contributed by atoms with E-state index >= 15 is 0 Å². The fourth-order valence-corrected chi connectivity index (χ4v) is 4.00. The van der Waals surface area contributed by atoms with Gasteiger partial charge >= 0.3 is 12.1 Å². The van der Waals surface area contributed by atoms with Gasteiger partial charge in [-0.15, -0.1) is 0 Å². The van der Waals surface area contributed by atoms with E-state index in [4.69, 9.17) is 4.74 Å². The average molecular weight is 477 g/mol. The molecule has 0 fully saturated rings. The predicted molar refractivity (Wildman–Crippen MR) is 109 cm³/mol. The van der Waals surface area contributed by atoms with Crippen LogP contribution in [0.3, 0.4) is 0 Å². The Balaban J connectivity index is 1.76. The van der Waals surface area contributed by atoms with Crippen LogP contribution in [0.2, 0.25) is 0 Å². The highest BCUT2D eigenvalue weighted by atomic mass is 19.2. The molecule has 1 atom stereocenters. The van der Waals surface area contributed by atoms with Crippen molar-refractivity contribution < 1.29 is 41.0 Å². The van der Waals surface area contributed by atoms with E-state index in [1.165, 1.54) is 6.92 Å². The van der Waals surface area contributed by atoms with E-state index in [1.807, 2.05) is 12.1 Å². The number of nitrogens with zero attached hydrogens (tertiary/aromatic N) is 1. The Labute approximate surface area is 190 Å². The number of carbonyl (C=O) groups excluding carboxylic acids is 2. The zero-order chi connectivity index (χ0) is 24.7. The fraction of sp³-hybridized carbons (Fsp3) is 0.167. The zero-order valence-corrected chi connectivity index (χ0v) is 17.7. The van der Waals surface area contributed by atoms with Gasteiger partial charge in [0.2, 0.25) is 34.8 Å². The average Bonchev–Trinajstić information content (AvgIpc) is 3.18. The van der Waals surface area contributed by atoms with Gasteiger partial charge in [0.25, 0.3) is 0 Å². The lowest BCUT2D eigenvalue weighted by Crippen LogP contribution is -2.47. The van der Waals surface area contributed by atoms with Crippen LogP contribution in [-0.2, 0) is 9.53 Å². The van der Waals surface area contributed by atoms with Gasteiger partial charge in [-0.05, 0) is 29.2 Å². The minimum atomic E-state index is -2.39. The maximum absolute atomic E-state index is 14.0. The van der Waals surface area contributed by atoms with E-state index in [2.05, 4.69) is 4.74 Å². The lowest BCUT2D eigenvalue weighted by molar-refractivity contribution is -0.140. The van der Waals surface area contributed by atoms with E-state index in [9.17, 15) is 31.5 Å². The maximum atomic E-state index is 14.0. The summed E-state index contributed by atoms with van der Waals surface area (Å²) in [6.45, 7) is 1.19. The van der Waals surface area contributed by atoms with Crippen molar-refractivity contribution in [1.29, 1.82) is 0 Å². The highest BCUT2D eigenvalue weighted by Crippen LogP contribution is 2.47. The summed E-state index contributed by atoms with van der Waals surface area (Å²) in [6, 6.07) is 11.8. The van der Waals surface area contributed by atoms with Gasteiger partial charge in [-0.25, -0.2) is 22.8 Å². The summed E-state index contributed by atoms with van der Waals surface area (Å²) in [7, 11) is 1.07. The molecule has 3 aromatic rings. The Morgan fingerprint density at radius 3 is 1.71 bits per heavy atom. The molecule has 1 aliphatic rings. The van der Waals surface area contributed by atoms with Crippen LogP contribution < -0.4 is 4.74 Å². The summed E-state index contributed by atoms with van der Waals surface area (Å²) in [5.41, 5.74) is 2.87. The first-order valence-corrected chi connectivity index (χ1v) is 9.96. The Morgan fingerprint density at radius 1 is 0.794 bits per heavy atom. The summed E-state index contributed by atoms with van der Waals surface area (Å²) < 4.78 is 77.9. The van der Waals surface area contributed by atoms with Crippen molar-refractivity contribution in [3.05, 3.63) is 88.7 Å². The van der Waals surface area contributed by atoms with E-state index in [1.54, 1.807) is 36.4 Å². The second-order valence-corrected chi connectivity index (χ2v) is 7.45. The van der Waals surface area contributed by atoms with Gasteiger partial charge in [0.05, 0.1) is 13.2 Å². The van der Waals surface area contributed by atoms with Crippen LogP contribution in [0.5, 0.6) is 5.75 Å². The Hall–Kier alpha value is -3.95. The topological polar surface area (TPSA) is 55.8 Å². The minimum Gasteiger partial charge on any atom is -0.453 e. The monoisotopic (exact) mass is 477 g/mol. The third-order valence-corrected chi connectivity index (χ3v) is 5.60. The first-order chi connectivity index (χ1) is 16.2. The highest BCUT2D eigenvalue weighted by Gasteiger charge is 2.41. The van der Waals surface area contributed by atoms with Crippen molar-refractivity contribution in [3.8, 4) is 16.9 Å². The number of ether oxygens (including phenoxy) is 2. The molecule has 0 bridgehead atoms. The van der Waals surface area contributed by atoms with Crippen molar-refractivity contribution in [1.82, 2.24) is 4.90 Å². The summed E-state index contributed by atoms with van der Waals surface area (Å²) in [6.07, 6.45) is -0.974. The molecule has 0 heterocycles.